The van der Waals surface area contributed by atoms with Gasteiger partial charge in [0.15, 0.2) is 0 Å². The van der Waals surface area contributed by atoms with E-state index in [0.29, 0.717) is 5.56 Å². The van der Waals surface area contributed by atoms with Gasteiger partial charge in [0.2, 0.25) is 0 Å². The van der Waals surface area contributed by atoms with Crippen molar-refractivity contribution in [2.45, 2.75) is 20.3 Å². The minimum absolute atomic E-state index is 0.157. The molecule has 0 aliphatic rings. The highest BCUT2D eigenvalue weighted by Crippen LogP contribution is 2.21. The number of nitrogens with zero attached hydrogens (tertiary/aromatic N) is 1. The third kappa shape index (κ3) is 4.40. The molecule has 0 saturated heterocycles. The molecule has 0 radical (unpaired) electrons. The zero-order chi connectivity index (χ0) is 12.7. The lowest BCUT2D eigenvalue weighted by Crippen LogP contribution is -2.06. The zero-order valence-electron chi connectivity index (χ0n) is 10.2. The van der Waals surface area contributed by atoms with Crippen LogP contribution in [0.3, 0.4) is 0 Å². The molecule has 94 valence electrons. The van der Waals surface area contributed by atoms with E-state index in [1.54, 1.807) is 19.1 Å². The van der Waals surface area contributed by atoms with Crippen molar-refractivity contribution in [1.82, 2.24) is 0 Å². The van der Waals surface area contributed by atoms with Crippen molar-refractivity contribution in [2.24, 2.45) is 0 Å². The Hall–Kier alpha value is -1.62. The molecule has 1 rings (SSSR count). The molecule has 0 heterocycles. The van der Waals surface area contributed by atoms with E-state index in [1.165, 1.54) is 6.07 Å². The minimum atomic E-state index is -0.367. The molecule has 0 aromatic heterocycles. The van der Waals surface area contributed by atoms with Crippen molar-refractivity contribution in [1.29, 1.82) is 0 Å². The van der Waals surface area contributed by atoms with Gasteiger partial charge in [0, 0.05) is 37.1 Å². The molecule has 5 nitrogen and oxygen atoms in total. The van der Waals surface area contributed by atoms with Gasteiger partial charge in [-0.1, -0.05) is 0 Å². The van der Waals surface area contributed by atoms with Crippen molar-refractivity contribution in [3.8, 4) is 0 Å². The maximum absolute atomic E-state index is 10.6. The molecule has 0 fully saturated rings. The fraction of sp³-hybridized carbons (Fsp3) is 0.500. The van der Waals surface area contributed by atoms with E-state index >= 15 is 0 Å². The van der Waals surface area contributed by atoms with Crippen LogP contribution in [0.5, 0.6) is 0 Å². The van der Waals surface area contributed by atoms with Gasteiger partial charge in [-0.05, 0) is 32.4 Å². The summed E-state index contributed by atoms with van der Waals surface area (Å²) in [5.74, 6) is 0. The van der Waals surface area contributed by atoms with E-state index in [-0.39, 0.29) is 10.6 Å². The van der Waals surface area contributed by atoms with Gasteiger partial charge in [0.1, 0.15) is 0 Å². The first kappa shape index (κ1) is 13.4. The molecule has 0 amide bonds. The van der Waals surface area contributed by atoms with Crippen molar-refractivity contribution < 1.29 is 9.66 Å². The molecule has 1 N–H and O–H groups in total. The molecule has 0 aliphatic heterocycles. The number of anilines is 1. The van der Waals surface area contributed by atoms with E-state index in [0.717, 1.165) is 31.9 Å². The molecule has 1 aromatic rings. The summed E-state index contributed by atoms with van der Waals surface area (Å²) in [6.07, 6.45) is 0.921. The number of nitro benzene ring substituents is 1. The van der Waals surface area contributed by atoms with E-state index in [1.807, 2.05) is 6.92 Å². The van der Waals surface area contributed by atoms with Gasteiger partial charge in [0.05, 0.1) is 4.92 Å². The minimum Gasteiger partial charge on any atom is -0.385 e. The fourth-order valence-electron chi connectivity index (χ4n) is 1.52. The predicted octanol–water partition coefficient (Wildman–Crippen LogP) is 2.74. The summed E-state index contributed by atoms with van der Waals surface area (Å²) in [4.78, 5) is 10.3. The van der Waals surface area contributed by atoms with Crippen LogP contribution in [-0.2, 0) is 4.74 Å². The van der Waals surface area contributed by atoms with Gasteiger partial charge in [-0.2, -0.15) is 0 Å². The van der Waals surface area contributed by atoms with Gasteiger partial charge in [-0.25, -0.2) is 0 Å². The normalized spacial score (nSPS) is 10.2. The maximum Gasteiger partial charge on any atom is 0.272 e. The first-order valence-electron chi connectivity index (χ1n) is 5.71. The molecule has 0 aliphatic carbocycles. The van der Waals surface area contributed by atoms with Crippen molar-refractivity contribution in [3.63, 3.8) is 0 Å². The van der Waals surface area contributed by atoms with E-state index in [9.17, 15) is 10.1 Å². The molecular weight excluding hydrogens is 220 g/mol. The number of benzene rings is 1. The summed E-state index contributed by atoms with van der Waals surface area (Å²) in [5.41, 5.74) is 1.74. The smallest absolute Gasteiger partial charge is 0.272 e. The second-order valence-electron chi connectivity index (χ2n) is 3.74. The Bertz CT molecular complexity index is 380. The monoisotopic (exact) mass is 238 g/mol. The number of aryl methyl sites for hydroxylation is 1. The summed E-state index contributed by atoms with van der Waals surface area (Å²) < 4.78 is 5.22. The van der Waals surface area contributed by atoms with E-state index in [4.69, 9.17) is 4.74 Å². The average molecular weight is 238 g/mol. The Labute approximate surface area is 101 Å². The number of rotatable bonds is 7. The fourth-order valence-corrected chi connectivity index (χ4v) is 1.52. The van der Waals surface area contributed by atoms with Crippen LogP contribution in [0.25, 0.3) is 0 Å². The molecular formula is C12H18N2O3. The standard InChI is InChI=1S/C12H18N2O3/c1-3-17-8-4-7-13-11-5-6-12(14(15)16)10(2)9-11/h5-6,9,13H,3-4,7-8H2,1-2H3. The Morgan fingerprint density at radius 3 is 2.82 bits per heavy atom. The average Bonchev–Trinajstić information content (AvgIpc) is 2.28. The first-order valence-corrected chi connectivity index (χ1v) is 5.71. The summed E-state index contributed by atoms with van der Waals surface area (Å²) in [5, 5.41) is 13.8. The van der Waals surface area contributed by atoms with Crippen molar-refractivity contribution in [2.75, 3.05) is 25.1 Å². The number of hydrogen-bond acceptors (Lipinski definition) is 4. The summed E-state index contributed by atoms with van der Waals surface area (Å²) in [7, 11) is 0. The van der Waals surface area contributed by atoms with Crippen LogP contribution in [-0.4, -0.2) is 24.7 Å². The molecule has 0 bridgehead atoms. The van der Waals surface area contributed by atoms with Gasteiger partial charge in [-0.3, -0.25) is 10.1 Å². The van der Waals surface area contributed by atoms with E-state index < -0.39 is 0 Å². The van der Waals surface area contributed by atoms with Crippen LogP contribution >= 0.6 is 0 Å². The largest absolute Gasteiger partial charge is 0.385 e. The van der Waals surface area contributed by atoms with Crippen LogP contribution in [0.1, 0.15) is 18.9 Å². The highest BCUT2D eigenvalue weighted by Gasteiger charge is 2.09. The summed E-state index contributed by atoms with van der Waals surface area (Å²) in [6, 6.07) is 5.05. The number of nitro groups is 1. The second-order valence-corrected chi connectivity index (χ2v) is 3.74. The Balaban J connectivity index is 2.45. The van der Waals surface area contributed by atoms with E-state index in [2.05, 4.69) is 5.32 Å². The molecule has 0 unspecified atom stereocenters. The van der Waals surface area contributed by atoms with Crippen LogP contribution in [0.15, 0.2) is 18.2 Å². The third-order valence-electron chi connectivity index (χ3n) is 2.39. The van der Waals surface area contributed by atoms with Crippen molar-refractivity contribution >= 4 is 11.4 Å². The summed E-state index contributed by atoms with van der Waals surface area (Å²) >= 11 is 0. The van der Waals surface area contributed by atoms with Gasteiger partial charge >= 0.3 is 0 Å². The molecule has 0 spiro atoms. The molecule has 5 heteroatoms. The number of hydrogen-bond donors (Lipinski definition) is 1. The van der Waals surface area contributed by atoms with Crippen LogP contribution in [0.4, 0.5) is 11.4 Å². The lowest BCUT2D eigenvalue weighted by Gasteiger charge is -2.07. The summed E-state index contributed by atoms with van der Waals surface area (Å²) in [6.45, 7) is 5.97. The third-order valence-corrected chi connectivity index (χ3v) is 2.39. The van der Waals surface area contributed by atoms with Crippen LogP contribution in [0, 0.1) is 17.0 Å². The molecule has 0 saturated carbocycles. The number of nitrogens with one attached hydrogen (secondary N) is 1. The number of ether oxygens (including phenoxy) is 1. The zero-order valence-corrected chi connectivity index (χ0v) is 10.2. The van der Waals surface area contributed by atoms with Gasteiger partial charge < -0.3 is 10.1 Å². The molecule has 17 heavy (non-hydrogen) atoms. The predicted molar refractivity (Wildman–Crippen MR) is 67.4 cm³/mol. The quantitative estimate of drug-likeness (QED) is 0.450. The van der Waals surface area contributed by atoms with Gasteiger partial charge in [0.25, 0.3) is 5.69 Å². The lowest BCUT2D eigenvalue weighted by molar-refractivity contribution is -0.385. The SMILES string of the molecule is CCOCCCNc1ccc([N+](=O)[O-])c(C)c1. The van der Waals surface area contributed by atoms with Crippen molar-refractivity contribution in [3.05, 3.63) is 33.9 Å². The topological polar surface area (TPSA) is 64.4 Å². The first-order chi connectivity index (χ1) is 8.15. The Morgan fingerprint density at radius 2 is 2.24 bits per heavy atom. The highest BCUT2D eigenvalue weighted by molar-refractivity contribution is 5.53. The van der Waals surface area contributed by atoms with Crippen LogP contribution < -0.4 is 5.32 Å². The lowest BCUT2D eigenvalue weighted by atomic mass is 10.2. The van der Waals surface area contributed by atoms with Gasteiger partial charge in [-0.15, -0.1) is 0 Å². The molecule has 1 aromatic carbocycles. The molecule has 0 atom stereocenters. The maximum atomic E-state index is 10.6. The highest BCUT2D eigenvalue weighted by atomic mass is 16.6. The Kier molecular flexibility index (Phi) is 5.42. The second kappa shape index (κ2) is 6.85. The Morgan fingerprint density at radius 1 is 1.47 bits per heavy atom. The van der Waals surface area contributed by atoms with Crippen LogP contribution in [0.2, 0.25) is 0 Å².